The molecule has 0 radical (unpaired) electrons. The average Bonchev–Trinajstić information content (AvgIpc) is 2.75. The predicted octanol–water partition coefficient (Wildman–Crippen LogP) is 1.61. The van der Waals surface area contributed by atoms with Crippen LogP contribution in [0, 0.1) is 0 Å². The molecule has 1 fully saturated rings. The second kappa shape index (κ2) is 10.4. The van der Waals surface area contributed by atoms with E-state index in [1.54, 1.807) is 13.3 Å². The van der Waals surface area contributed by atoms with Gasteiger partial charge in [0.15, 0.2) is 0 Å². The Bertz CT molecular complexity index is 854. The Kier molecular flexibility index (Phi) is 7.35. The third-order valence-corrected chi connectivity index (χ3v) is 4.79. The van der Waals surface area contributed by atoms with E-state index in [2.05, 4.69) is 15.6 Å². The van der Waals surface area contributed by atoms with Crippen LogP contribution >= 0.6 is 0 Å². The van der Waals surface area contributed by atoms with Gasteiger partial charge in [0.05, 0.1) is 31.8 Å². The number of piperazine rings is 1. The number of methoxy groups -OCH3 is 1. The summed E-state index contributed by atoms with van der Waals surface area (Å²) in [5, 5.41) is 5.69. The standard InChI is InChI=1S/C22H26N4O3/c1-29-20-10-3-2-7-17(20)8-6-13-26-14-12-24-22(28)19(26)15-21(27)25-16-18-9-4-5-11-23-18/h2-11,19H,12-16H2,1H3,(H,24,28)(H,25,27)/b8-6+/t19-/m0/s1. The number of carbonyl (C=O) groups is 2. The van der Waals surface area contributed by atoms with E-state index < -0.39 is 6.04 Å². The van der Waals surface area contributed by atoms with Crippen LogP contribution < -0.4 is 15.4 Å². The van der Waals surface area contributed by atoms with Gasteiger partial charge in [0.1, 0.15) is 5.75 Å². The molecule has 1 aliphatic rings. The van der Waals surface area contributed by atoms with E-state index in [0.717, 1.165) is 17.0 Å². The molecule has 0 saturated carbocycles. The summed E-state index contributed by atoms with van der Waals surface area (Å²) in [6.45, 7) is 2.19. The van der Waals surface area contributed by atoms with E-state index in [0.29, 0.717) is 26.2 Å². The number of nitrogens with one attached hydrogen (secondary N) is 2. The zero-order valence-electron chi connectivity index (χ0n) is 16.5. The lowest BCUT2D eigenvalue weighted by atomic mass is 10.1. The largest absolute Gasteiger partial charge is 0.496 e. The molecule has 29 heavy (non-hydrogen) atoms. The molecule has 1 aliphatic heterocycles. The highest BCUT2D eigenvalue weighted by Gasteiger charge is 2.30. The molecule has 0 spiro atoms. The zero-order valence-corrected chi connectivity index (χ0v) is 16.5. The molecular formula is C22H26N4O3. The molecule has 152 valence electrons. The monoisotopic (exact) mass is 394 g/mol. The fraction of sp³-hybridized carbons (Fsp3) is 0.318. The summed E-state index contributed by atoms with van der Waals surface area (Å²) in [6, 6.07) is 12.8. The highest BCUT2D eigenvalue weighted by molar-refractivity contribution is 5.88. The van der Waals surface area contributed by atoms with Crippen LogP contribution in [0.25, 0.3) is 6.08 Å². The van der Waals surface area contributed by atoms with Crippen LogP contribution in [0.2, 0.25) is 0 Å². The Balaban J connectivity index is 1.57. The van der Waals surface area contributed by atoms with Gasteiger partial charge in [-0.25, -0.2) is 0 Å². The lowest BCUT2D eigenvalue weighted by Crippen LogP contribution is -2.56. The van der Waals surface area contributed by atoms with E-state index in [-0.39, 0.29) is 18.2 Å². The molecule has 0 aliphatic carbocycles. The molecule has 2 amide bonds. The van der Waals surface area contributed by atoms with Crippen molar-refractivity contribution in [2.75, 3.05) is 26.7 Å². The summed E-state index contributed by atoms with van der Waals surface area (Å²) in [5.41, 5.74) is 1.76. The van der Waals surface area contributed by atoms with E-state index >= 15 is 0 Å². The number of nitrogens with zero attached hydrogens (tertiary/aromatic N) is 2. The number of para-hydroxylation sites is 1. The van der Waals surface area contributed by atoms with Crippen molar-refractivity contribution < 1.29 is 14.3 Å². The highest BCUT2D eigenvalue weighted by atomic mass is 16.5. The molecule has 1 saturated heterocycles. The van der Waals surface area contributed by atoms with Crippen LogP contribution in [0.3, 0.4) is 0 Å². The highest BCUT2D eigenvalue weighted by Crippen LogP contribution is 2.19. The van der Waals surface area contributed by atoms with Gasteiger partial charge in [-0.05, 0) is 18.2 Å². The molecule has 0 unspecified atom stereocenters. The normalized spacial score (nSPS) is 17.1. The van der Waals surface area contributed by atoms with Crippen molar-refractivity contribution in [3.8, 4) is 5.75 Å². The third kappa shape index (κ3) is 5.89. The Morgan fingerprint density at radius 3 is 2.93 bits per heavy atom. The van der Waals surface area contributed by atoms with Crippen molar-refractivity contribution in [2.45, 2.75) is 19.0 Å². The molecule has 1 aromatic heterocycles. The summed E-state index contributed by atoms with van der Waals surface area (Å²) in [4.78, 5) is 30.9. The first kappa shape index (κ1) is 20.5. The van der Waals surface area contributed by atoms with Gasteiger partial charge in [0.2, 0.25) is 11.8 Å². The summed E-state index contributed by atoms with van der Waals surface area (Å²) >= 11 is 0. The number of ether oxygens (including phenoxy) is 1. The van der Waals surface area contributed by atoms with E-state index in [1.165, 1.54) is 0 Å². The van der Waals surface area contributed by atoms with Gasteiger partial charge in [0.25, 0.3) is 0 Å². The summed E-state index contributed by atoms with van der Waals surface area (Å²) < 4.78 is 5.36. The van der Waals surface area contributed by atoms with Crippen LogP contribution in [-0.2, 0) is 16.1 Å². The summed E-state index contributed by atoms with van der Waals surface area (Å²) in [7, 11) is 1.64. The fourth-order valence-electron chi connectivity index (χ4n) is 3.26. The quantitative estimate of drug-likeness (QED) is 0.711. The Morgan fingerprint density at radius 1 is 1.31 bits per heavy atom. The Morgan fingerprint density at radius 2 is 2.14 bits per heavy atom. The first-order valence-corrected chi connectivity index (χ1v) is 9.65. The minimum absolute atomic E-state index is 0.112. The molecule has 0 bridgehead atoms. The number of rotatable bonds is 8. The SMILES string of the molecule is COc1ccccc1/C=C/CN1CCNC(=O)[C@@H]1CC(=O)NCc1ccccn1. The van der Waals surface area contributed by atoms with Gasteiger partial charge >= 0.3 is 0 Å². The topological polar surface area (TPSA) is 83.6 Å². The maximum atomic E-state index is 12.4. The number of pyridine rings is 1. The second-order valence-corrected chi connectivity index (χ2v) is 6.75. The average molecular weight is 394 g/mol. The minimum atomic E-state index is -0.491. The van der Waals surface area contributed by atoms with E-state index in [9.17, 15) is 9.59 Å². The van der Waals surface area contributed by atoms with Crippen molar-refractivity contribution in [2.24, 2.45) is 0 Å². The van der Waals surface area contributed by atoms with Crippen molar-refractivity contribution in [3.63, 3.8) is 0 Å². The minimum Gasteiger partial charge on any atom is -0.496 e. The Labute approximate surface area is 170 Å². The first-order valence-electron chi connectivity index (χ1n) is 9.65. The zero-order chi connectivity index (χ0) is 20.5. The van der Waals surface area contributed by atoms with Crippen molar-refractivity contribution in [1.29, 1.82) is 0 Å². The number of hydrogen-bond donors (Lipinski definition) is 2. The maximum absolute atomic E-state index is 12.4. The third-order valence-electron chi connectivity index (χ3n) is 4.79. The first-order chi connectivity index (χ1) is 14.2. The molecule has 1 aromatic carbocycles. The van der Waals surface area contributed by atoms with Crippen LogP contribution in [0.5, 0.6) is 5.75 Å². The van der Waals surface area contributed by atoms with Crippen molar-refractivity contribution in [1.82, 2.24) is 20.5 Å². The number of aromatic nitrogens is 1. The van der Waals surface area contributed by atoms with Crippen LogP contribution in [0.1, 0.15) is 17.7 Å². The van der Waals surface area contributed by atoms with Gasteiger partial charge in [-0.2, -0.15) is 0 Å². The molecular weight excluding hydrogens is 368 g/mol. The maximum Gasteiger partial charge on any atom is 0.237 e. The number of carbonyl (C=O) groups excluding carboxylic acids is 2. The second-order valence-electron chi connectivity index (χ2n) is 6.75. The summed E-state index contributed by atoms with van der Waals surface area (Å²) in [5.74, 6) is 0.511. The number of amides is 2. The molecule has 7 heteroatoms. The smallest absolute Gasteiger partial charge is 0.237 e. The van der Waals surface area contributed by atoms with E-state index in [4.69, 9.17) is 4.74 Å². The molecule has 2 heterocycles. The van der Waals surface area contributed by atoms with Crippen molar-refractivity contribution in [3.05, 3.63) is 66.0 Å². The van der Waals surface area contributed by atoms with Crippen LogP contribution in [-0.4, -0.2) is 54.5 Å². The van der Waals surface area contributed by atoms with Gasteiger partial charge < -0.3 is 15.4 Å². The fourth-order valence-corrected chi connectivity index (χ4v) is 3.26. The Hall–Kier alpha value is -3.19. The molecule has 7 nitrogen and oxygen atoms in total. The van der Waals surface area contributed by atoms with E-state index in [1.807, 2.05) is 59.5 Å². The molecule has 2 N–H and O–H groups in total. The van der Waals surface area contributed by atoms with Crippen LogP contribution in [0.4, 0.5) is 0 Å². The van der Waals surface area contributed by atoms with Crippen LogP contribution in [0.15, 0.2) is 54.7 Å². The number of benzene rings is 1. The summed E-state index contributed by atoms with van der Waals surface area (Å²) in [6.07, 6.45) is 5.77. The van der Waals surface area contributed by atoms with Gasteiger partial charge in [-0.3, -0.25) is 19.5 Å². The molecule has 3 rings (SSSR count). The molecule has 2 aromatic rings. The van der Waals surface area contributed by atoms with Crippen molar-refractivity contribution >= 4 is 17.9 Å². The predicted molar refractivity (Wildman–Crippen MR) is 111 cm³/mol. The van der Waals surface area contributed by atoms with Gasteiger partial charge in [-0.15, -0.1) is 0 Å². The molecule has 1 atom stereocenters. The van der Waals surface area contributed by atoms with Gasteiger partial charge in [0, 0.05) is 31.4 Å². The number of hydrogen-bond acceptors (Lipinski definition) is 5. The van der Waals surface area contributed by atoms with Gasteiger partial charge in [-0.1, -0.05) is 36.4 Å². The lowest BCUT2D eigenvalue weighted by Gasteiger charge is -2.33. The lowest BCUT2D eigenvalue weighted by molar-refractivity contribution is -0.133.